The summed E-state index contributed by atoms with van der Waals surface area (Å²) in [7, 11) is 0. The third-order valence-corrected chi connectivity index (χ3v) is 6.93. The van der Waals surface area contributed by atoms with Crippen LogP contribution in [0.15, 0.2) is 66.0 Å². The number of aryl methyl sites for hydroxylation is 1. The van der Waals surface area contributed by atoms with Gasteiger partial charge in [0.1, 0.15) is 6.04 Å². The van der Waals surface area contributed by atoms with Gasteiger partial charge in [0.25, 0.3) is 0 Å². The molecule has 1 saturated carbocycles. The molecule has 0 saturated heterocycles. The van der Waals surface area contributed by atoms with Gasteiger partial charge in [-0.25, -0.2) is 4.98 Å². The highest BCUT2D eigenvalue weighted by molar-refractivity contribution is 7.13. The van der Waals surface area contributed by atoms with Crippen molar-refractivity contribution in [2.75, 3.05) is 10.2 Å². The number of aromatic nitrogens is 1. The fourth-order valence-electron chi connectivity index (χ4n) is 4.36. The maximum atomic E-state index is 13.6. The molecule has 182 valence electrons. The van der Waals surface area contributed by atoms with E-state index in [9.17, 15) is 14.4 Å². The molecule has 1 aromatic heterocycles. The maximum Gasteiger partial charge on any atom is 0.248 e. The average Bonchev–Trinajstić information content (AvgIpc) is 3.53. The predicted molar refractivity (Wildman–Crippen MR) is 138 cm³/mol. The van der Waals surface area contributed by atoms with Crippen molar-refractivity contribution >= 4 is 39.9 Å². The van der Waals surface area contributed by atoms with Crippen molar-refractivity contribution in [2.45, 2.75) is 57.5 Å². The minimum absolute atomic E-state index is 0.00739. The average molecular weight is 491 g/mol. The summed E-state index contributed by atoms with van der Waals surface area (Å²) in [5, 5.41) is 8.28. The zero-order valence-electron chi connectivity index (χ0n) is 19.8. The van der Waals surface area contributed by atoms with Crippen LogP contribution >= 0.6 is 11.3 Å². The van der Waals surface area contributed by atoms with E-state index in [0.717, 1.165) is 36.9 Å². The first-order valence-electron chi connectivity index (χ1n) is 12.0. The van der Waals surface area contributed by atoms with E-state index < -0.39 is 6.04 Å². The van der Waals surface area contributed by atoms with Crippen LogP contribution in [0.1, 0.15) is 55.8 Å². The van der Waals surface area contributed by atoms with Crippen molar-refractivity contribution in [3.63, 3.8) is 0 Å². The van der Waals surface area contributed by atoms with Crippen molar-refractivity contribution in [3.8, 4) is 0 Å². The minimum atomic E-state index is -0.837. The fraction of sp³-hybridized carbons (Fsp3) is 0.333. The lowest BCUT2D eigenvalue weighted by molar-refractivity contribution is -0.127. The second kappa shape index (κ2) is 11.8. The van der Waals surface area contributed by atoms with E-state index in [4.69, 9.17) is 0 Å². The van der Waals surface area contributed by atoms with E-state index >= 15 is 0 Å². The van der Waals surface area contributed by atoms with Crippen LogP contribution in [0.4, 0.5) is 10.8 Å². The lowest BCUT2D eigenvalue weighted by atomic mass is 10.0. The Balaban J connectivity index is 1.57. The molecule has 1 aliphatic rings. The Morgan fingerprint density at radius 1 is 1.00 bits per heavy atom. The number of para-hydroxylation sites is 1. The Kier molecular flexibility index (Phi) is 8.26. The van der Waals surface area contributed by atoms with Crippen molar-refractivity contribution in [1.29, 1.82) is 0 Å². The Morgan fingerprint density at radius 3 is 2.29 bits per heavy atom. The van der Waals surface area contributed by atoms with Crippen molar-refractivity contribution in [1.82, 2.24) is 10.3 Å². The van der Waals surface area contributed by atoms with Crippen LogP contribution in [0.5, 0.6) is 0 Å². The molecule has 2 N–H and O–H groups in total. The summed E-state index contributed by atoms with van der Waals surface area (Å²) in [6.07, 6.45) is 4.04. The number of amides is 3. The van der Waals surface area contributed by atoms with Gasteiger partial charge in [0.2, 0.25) is 17.7 Å². The Bertz CT molecular complexity index is 1140. The highest BCUT2D eigenvalue weighted by Gasteiger charge is 2.34. The van der Waals surface area contributed by atoms with Crippen molar-refractivity contribution in [2.24, 2.45) is 0 Å². The molecular formula is C27H30N4O3S. The molecule has 3 aromatic rings. The van der Waals surface area contributed by atoms with Crippen LogP contribution in [0.25, 0.3) is 0 Å². The van der Waals surface area contributed by atoms with Crippen molar-refractivity contribution < 1.29 is 14.4 Å². The van der Waals surface area contributed by atoms with Gasteiger partial charge in [-0.15, -0.1) is 11.3 Å². The van der Waals surface area contributed by atoms with Gasteiger partial charge in [-0.1, -0.05) is 61.4 Å². The van der Waals surface area contributed by atoms with Crippen molar-refractivity contribution in [3.05, 3.63) is 77.3 Å². The molecule has 8 heteroatoms. The highest BCUT2D eigenvalue weighted by atomic mass is 32.1. The lowest BCUT2D eigenvalue weighted by Crippen LogP contribution is -2.46. The summed E-state index contributed by atoms with van der Waals surface area (Å²) in [6, 6.07) is 17.8. The van der Waals surface area contributed by atoms with Crippen LogP contribution < -0.4 is 15.5 Å². The SMILES string of the molecule is Cc1csc(NC(=O)CCC(=O)N(c2ccccc2)[C@H](C(=O)NC2CCCC2)c2ccccc2)n1. The molecular weight excluding hydrogens is 460 g/mol. The normalized spacial score (nSPS) is 14.3. The molecule has 35 heavy (non-hydrogen) atoms. The molecule has 7 nitrogen and oxygen atoms in total. The van der Waals surface area contributed by atoms with Gasteiger partial charge in [-0.05, 0) is 37.5 Å². The van der Waals surface area contributed by atoms with Gasteiger partial charge in [-0.2, -0.15) is 0 Å². The van der Waals surface area contributed by atoms with Crippen LogP contribution in [0.2, 0.25) is 0 Å². The molecule has 1 atom stereocenters. The Hall–Kier alpha value is -3.52. The summed E-state index contributed by atoms with van der Waals surface area (Å²) in [5.74, 6) is -0.785. The summed E-state index contributed by atoms with van der Waals surface area (Å²) in [6.45, 7) is 1.85. The largest absolute Gasteiger partial charge is 0.351 e. The number of hydrogen-bond donors (Lipinski definition) is 2. The lowest BCUT2D eigenvalue weighted by Gasteiger charge is -2.32. The maximum absolute atomic E-state index is 13.6. The number of nitrogens with zero attached hydrogens (tertiary/aromatic N) is 2. The van der Waals surface area contributed by atoms with E-state index in [-0.39, 0.29) is 36.6 Å². The van der Waals surface area contributed by atoms with Gasteiger partial charge < -0.3 is 10.6 Å². The molecule has 1 fully saturated rings. The zero-order chi connectivity index (χ0) is 24.6. The smallest absolute Gasteiger partial charge is 0.248 e. The molecule has 0 unspecified atom stereocenters. The number of hydrogen-bond acceptors (Lipinski definition) is 5. The van der Waals surface area contributed by atoms with Gasteiger partial charge >= 0.3 is 0 Å². The molecule has 0 bridgehead atoms. The van der Waals surface area contributed by atoms with E-state index in [1.54, 1.807) is 0 Å². The first-order chi connectivity index (χ1) is 17.0. The molecule has 3 amide bonds. The predicted octanol–water partition coefficient (Wildman–Crippen LogP) is 5.00. The first-order valence-corrected chi connectivity index (χ1v) is 12.8. The number of thiazole rings is 1. The molecule has 0 spiro atoms. The molecule has 1 heterocycles. The van der Waals surface area contributed by atoms with Crippen LogP contribution in [0.3, 0.4) is 0 Å². The standard InChI is InChI=1S/C27H30N4O3S/c1-19-18-35-27(28-19)30-23(32)16-17-24(33)31(22-14-6-3-7-15-22)25(20-10-4-2-5-11-20)26(34)29-21-12-8-9-13-21/h2-7,10-11,14-15,18,21,25H,8-9,12-13,16-17H2,1H3,(H,29,34)(H,28,30,32)/t25-/m0/s1. The molecule has 0 radical (unpaired) electrons. The van der Waals surface area contributed by atoms with Gasteiger partial charge in [0, 0.05) is 30.0 Å². The summed E-state index contributed by atoms with van der Waals surface area (Å²) >= 11 is 1.35. The monoisotopic (exact) mass is 490 g/mol. The van der Waals surface area contributed by atoms with Crippen LogP contribution in [-0.4, -0.2) is 28.7 Å². The van der Waals surface area contributed by atoms with E-state index in [1.165, 1.54) is 16.2 Å². The quantitative estimate of drug-likeness (QED) is 0.441. The molecule has 0 aliphatic heterocycles. The Morgan fingerprint density at radius 2 is 1.66 bits per heavy atom. The Labute approximate surface area is 209 Å². The topological polar surface area (TPSA) is 91.4 Å². The number of rotatable bonds is 9. The molecule has 2 aromatic carbocycles. The summed E-state index contributed by atoms with van der Waals surface area (Å²) in [5.41, 5.74) is 2.17. The third-order valence-electron chi connectivity index (χ3n) is 6.06. The summed E-state index contributed by atoms with van der Waals surface area (Å²) in [4.78, 5) is 45.5. The molecule has 4 rings (SSSR count). The van der Waals surface area contributed by atoms with Crippen LogP contribution in [0, 0.1) is 6.92 Å². The number of benzene rings is 2. The second-order valence-electron chi connectivity index (χ2n) is 8.74. The molecule has 1 aliphatic carbocycles. The number of anilines is 2. The van der Waals surface area contributed by atoms with Crippen LogP contribution in [-0.2, 0) is 14.4 Å². The second-order valence-corrected chi connectivity index (χ2v) is 9.60. The zero-order valence-corrected chi connectivity index (χ0v) is 20.6. The summed E-state index contributed by atoms with van der Waals surface area (Å²) < 4.78 is 0. The van der Waals surface area contributed by atoms with E-state index in [2.05, 4.69) is 15.6 Å². The third kappa shape index (κ3) is 6.54. The first kappa shape index (κ1) is 24.6. The number of nitrogens with one attached hydrogen (secondary N) is 2. The van der Waals surface area contributed by atoms with E-state index in [1.807, 2.05) is 73.0 Å². The minimum Gasteiger partial charge on any atom is -0.351 e. The number of carbonyl (C=O) groups excluding carboxylic acids is 3. The van der Waals surface area contributed by atoms with Gasteiger partial charge in [-0.3, -0.25) is 19.3 Å². The van der Waals surface area contributed by atoms with Gasteiger partial charge in [0.05, 0.1) is 5.69 Å². The van der Waals surface area contributed by atoms with E-state index in [0.29, 0.717) is 10.8 Å². The fourth-order valence-corrected chi connectivity index (χ4v) is 5.07. The van der Waals surface area contributed by atoms with Gasteiger partial charge in [0.15, 0.2) is 5.13 Å². The highest BCUT2D eigenvalue weighted by Crippen LogP contribution is 2.30. The number of carbonyl (C=O) groups is 3.